The van der Waals surface area contributed by atoms with Crippen molar-refractivity contribution in [3.63, 3.8) is 0 Å². The van der Waals surface area contributed by atoms with E-state index in [1.165, 1.54) is 5.56 Å². The molecule has 2 nitrogen and oxygen atoms in total. The van der Waals surface area contributed by atoms with Crippen molar-refractivity contribution in [1.82, 2.24) is 4.98 Å². The van der Waals surface area contributed by atoms with Crippen molar-refractivity contribution in [2.24, 2.45) is 0 Å². The van der Waals surface area contributed by atoms with Gasteiger partial charge in [-0.2, -0.15) is 0 Å². The van der Waals surface area contributed by atoms with E-state index in [-0.39, 0.29) is 0 Å². The summed E-state index contributed by atoms with van der Waals surface area (Å²) in [7, 11) is 2.06. The number of hydrogen-bond acceptors (Lipinski definition) is 2. The minimum Gasteiger partial charge on any atom is -0.356 e. The standard InChI is InChI=1S/C10H14Br2N2/c1-7-4-10(13-6-9(7)12)14(3)8(2)5-11/h4,6,8H,5H2,1-3H3. The van der Waals surface area contributed by atoms with Crippen LogP contribution >= 0.6 is 31.9 Å². The molecular weight excluding hydrogens is 308 g/mol. The second-order valence-corrected chi connectivity index (χ2v) is 4.91. The first-order chi connectivity index (χ1) is 6.56. The topological polar surface area (TPSA) is 16.1 Å². The fourth-order valence-corrected chi connectivity index (χ4v) is 1.70. The van der Waals surface area contributed by atoms with Crippen LogP contribution in [0.5, 0.6) is 0 Å². The minimum atomic E-state index is 0.447. The van der Waals surface area contributed by atoms with E-state index >= 15 is 0 Å². The first-order valence-electron chi connectivity index (χ1n) is 4.47. The van der Waals surface area contributed by atoms with Crippen LogP contribution in [0.25, 0.3) is 0 Å². The van der Waals surface area contributed by atoms with Crippen LogP contribution in [0.3, 0.4) is 0 Å². The van der Waals surface area contributed by atoms with Crippen molar-refractivity contribution < 1.29 is 0 Å². The van der Waals surface area contributed by atoms with Crippen LogP contribution in [-0.4, -0.2) is 23.4 Å². The molecule has 1 aromatic heterocycles. The summed E-state index contributed by atoms with van der Waals surface area (Å²) in [4.78, 5) is 6.53. The smallest absolute Gasteiger partial charge is 0.128 e. The van der Waals surface area contributed by atoms with Crippen LogP contribution in [0, 0.1) is 6.92 Å². The zero-order chi connectivity index (χ0) is 10.7. The summed E-state index contributed by atoms with van der Waals surface area (Å²) in [5, 5.41) is 0.945. The monoisotopic (exact) mass is 320 g/mol. The number of anilines is 1. The van der Waals surface area contributed by atoms with Gasteiger partial charge in [-0.3, -0.25) is 0 Å². The van der Waals surface area contributed by atoms with Crippen molar-refractivity contribution in [3.05, 3.63) is 22.3 Å². The number of rotatable bonds is 3. The van der Waals surface area contributed by atoms with Gasteiger partial charge in [0.05, 0.1) is 0 Å². The van der Waals surface area contributed by atoms with Crippen molar-refractivity contribution in [3.8, 4) is 0 Å². The van der Waals surface area contributed by atoms with E-state index in [0.717, 1.165) is 15.6 Å². The number of pyridine rings is 1. The molecule has 1 atom stereocenters. The van der Waals surface area contributed by atoms with Crippen molar-refractivity contribution >= 4 is 37.7 Å². The summed E-state index contributed by atoms with van der Waals surface area (Å²) >= 11 is 6.91. The third kappa shape index (κ3) is 2.70. The third-order valence-electron chi connectivity index (χ3n) is 2.28. The highest BCUT2D eigenvalue weighted by molar-refractivity contribution is 9.10. The minimum absolute atomic E-state index is 0.447. The third-order valence-corrected chi connectivity index (χ3v) is 4.05. The number of aryl methyl sites for hydroxylation is 1. The quantitative estimate of drug-likeness (QED) is 0.793. The van der Waals surface area contributed by atoms with Gasteiger partial charge in [-0.25, -0.2) is 4.98 Å². The van der Waals surface area contributed by atoms with Crippen molar-refractivity contribution in [2.45, 2.75) is 19.9 Å². The first kappa shape index (κ1) is 12.0. The van der Waals surface area contributed by atoms with Gasteiger partial charge >= 0.3 is 0 Å². The van der Waals surface area contributed by atoms with Gasteiger partial charge in [-0.1, -0.05) is 15.9 Å². The molecule has 1 unspecified atom stereocenters. The van der Waals surface area contributed by atoms with Gasteiger partial charge in [0.15, 0.2) is 0 Å². The summed E-state index contributed by atoms with van der Waals surface area (Å²) in [6.07, 6.45) is 1.85. The highest BCUT2D eigenvalue weighted by Crippen LogP contribution is 2.20. The summed E-state index contributed by atoms with van der Waals surface area (Å²) in [6.45, 7) is 4.23. The molecule has 78 valence electrons. The van der Waals surface area contributed by atoms with Gasteiger partial charge in [-0.15, -0.1) is 0 Å². The lowest BCUT2D eigenvalue weighted by atomic mass is 10.2. The Bertz CT molecular complexity index is 315. The lowest BCUT2D eigenvalue weighted by Gasteiger charge is -2.24. The Labute approximate surface area is 102 Å². The fraction of sp³-hybridized carbons (Fsp3) is 0.500. The Morgan fingerprint density at radius 3 is 2.71 bits per heavy atom. The molecule has 0 fully saturated rings. The second-order valence-electron chi connectivity index (χ2n) is 3.41. The number of alkyl halides is 1. The average molecular weight is 322 g/mol. The molecule has 0 aliphatic heterocycles. The molecule has 1 heterocycles. The van der Waals surface area contributed by atoms with Crippen molar-refractivity contribution in [1.29, 1.82) is 0 Å². The molecule has 0 spiro atoms. The molecule has 0 aliphatic rings. The molecular formula is C10H14Br2N2. The van der Waals surface area contributed by atoms with Gasteiger partial charge in [0, 0.05) is 29.1 Å². The maximum absolute atomic E-state index is 4.37. The maximum atomic E-state index is 4.37. The van der Waals surface area contributed by atoms with Gasteiger partial charge in [-0.05, 0) is 41.4 Å². The molecule has 0 aliphatic carbocycles. The predicted molar refractivity (Wildman–Crippen MR) is 68.3 cm³/mol. The molecule has 0 radical (unpaired) electrons. The highest BCUT2D eigenvalue weighted by atomic mass is 79.9. The van der Waals surface area contributed by atoms with E-state index in [2.05, 4.69) is 68.7 Å². The predicted octanol–water partition coefficient (Wildman–Crippen LogP) is 3.37. The Balaban J connectivity index is 2.91. The number of hydrogen-bond donors (Lipinski definition) is 0. The number of aromatic nitrogens is 1. The van der Waals surface area contributed by atoms with E-state index in [4.69, 9.17) is 0 Å². The SMILES string of the molecule is Cc1cc(N(C)C(C)CBr)ncc1Br. The lowest BCUT2D eigenvalue weighted by Crippen LogP contribution is -2.30. The van der Waals surface area contributed by atoms with Crippen LogP contribution in [0.1, 0.15) is 12.5 Å². The van der Waals surface area contributed by atoms with Gasteiger partial charge in [0.2, 0.25) is 0 Å². The zero-order valence-electron chi connectivity index (χ0n) is 8.59. The molecule has 14 heavy (non-hydrogen) atoms. The summed E-state index contributed by atoms with van der Waals surface area (Å²) in [6, 6.07) is 2.53. The van der Waals surface area contributed by atoms with Crippen LogP contribution < -0.4 is 4.90 Å². The van der Waals surface area contributed by atoms with E-state index in [0.29, 0.717) is 6.04 Å². The fourth-order valence-electron chi connectivity index (χ4n) is 1.05. The second kappa shape index (κ2) is 5.12. The van der Waals surface area contributed by atoms with E-state index in [1.807, 2.05) is 6.20 Å². The normalized spacial score (nSPS) is 12.6. The summed E-state index contributed by atoms with van der Waals surface area (Å²) in [5.74, 6) is 1.01. The van der Waals surface area contributed by atoms with Gasteiger partial charge in [0.25, 0.3) is 0 Å². The van der Waals surface area contributed by atoms with Crippen LogP contribution in [0.15, 0.2) is 16.7 Å². The first-order valence-corrected chi connectivity index (χ1v) is 6.38. The Morgan fingerprint density at radius 1 is 1.57 bits per heavy atom. The van der Waals surface area contributed by atoms with Crippen LogP contribution in [0.2, 0.25) is 0 Å². The van der Waals surface area contributed by atoms with E-state index < -0.39 is 0 Å². The lowest BCUT2D eigenvalue weighted by molar-refractivity contribution is 0.756. The molecule has 0 bridgehead atoms. The molecule has 0 N–H and O–H groups in total. The largest absolute Gasteiger partial charge is 0.356 e. The molecule has 0 saturated carbocycles. The van der Waals surface area contributed by atoms with Gasteiger partial charge in [0.1, 0.15) is 5.82 Å². The Morgan fingerprint density at radius 2 is 2.21 bits per heavy atom. The summed E-state index contributed by atoms with van der Waals surface area (Å²) < 4.78 is 1.06. The van der Waals surface area contributed by atoms with Crippen LogP contribution in [-0.2, 0) is 0 Å². The number of nitrogens with zero attached hydrogens (tertiary/aromatic N) is 2. The molecule has 0 aromatic carbocycles. The molecule has 0 saturated heterocycles. The van der Waals surface area contributed by atoms with E-state index in [9.17, 15) is 0 Å². The highest BCUT2D eigenvalue weighted by Gasteiger charge is 2.10. The van der Waals surface area contributed by atoms with Crippen molar-refractivity contribution in [2.75, 3.05) is 17.3 Å². The molecule has 1 aromatic rings. The maximum Gasteiger partial charge on any atom is 0.128 e. The molecule has 0 amide bonds. The molecule has 1 rings (SSSR count). The Hall–Kier alpha value is -0.0900. The average Bonchev–Trinajstić information content (AvgIpc) is 2.20. The Kier molecular flexibility index (Phi) is 4.38. The van der Waals surface area contributed by atoms with Gasteiger partial charge < -0.3 is 4.90 Å². The summed E-state index contributed by atoms with van der Waals surface area (Å²) in [5.41, 5.74) is 1.21. The number of halogens is 2. The van der Waals surface area contributed by atoms with E-state index in [1.54, 1.807) is 0 Å². The zero-order valence-corrected chi connectivity index (χ0v) is 11.8. The molecule has 4 heteroatoms. The van der Waals surface area contributed by atoms with Crippen LogP contribution in [0.4, 0.5) is 5.82 Å².